The van der Waals surface area contributed by atoms with E-state index >= 15 is 0 Å². The van der Waals surface area contributed by atoms with Crippen LogP contribution in [0.25, 0.3) is 0 Å². The number of anilines is 3. The molecule has 2 amide bonds. The van der Waals surface area contributed by atoms with Crippen molar-refractivity contribution < 1.29 is 22.7 Å². The zero-order valence-electron chi connectivity index (χ0n) is 15.7. The molecular formula is C19H21N3O5S. The van der Waals surface area contributed by atoms with Crippen molar-refractivity contribution in [2.45, 2.75) is 13.0 Å². The van der Waals surface area contributed by atoms with Gasteiger partial charge in [0.25, 0.3) is 5.91 Å². The van der Waals surface area contributed by atoms with E-state index in [-0.39, 0.29) is 18.4 Å². The van der Waals surface area contributed by atoms with E-state index in [4.69, 9.17) is 4.74 Å². The van der Waals surface area contributed by atoms with Crippen molar-refractivity contribution in [3.05, 3.63) is 48.5 Å². The van der Waals surface area contributed by atoms with Gasteiger partial charge in [-0.1, -0.05) is 12.1 Å². The molecule has 1 aliphatic heterocycles. The third-order valence-electron chi connectivity index (χ3n) is 4.40. The van der Waals surface area contributed by atoms with Crippen molar-refractivity contribution in [1.82, 2.24) is 0 Å². The zero-order valence-corrected chi connectivity index (χ0v) is 16.6. The van der Waals surface area contributed by atoms with E-state index in [1.165, 1.54) is 11.9 Å². The number of sulfonamides is 1. The fourth-order valence-corrected chi connectivity index (χ4v) is 3.33. The van der Waals surface area contributed by atoms with E-state index in [2.05, 4.69) is 5.32 Å². The molecule has 0 saturated heterocycles. The van der Waals surface area contributed by atoms with Crippen molar-refractivity contribution in [1.29, 1.82) is 0 Å². The highest BCUT2D eigenvalue weighted by atomic mass is 32.2. The Bertz CT molecular complexity index is 1000. The van der Waals surface area contributed by atoms with E-state index in [0.717, 1.165) is 10.6 Å². The Kier molecular flexibility index (Phi) is 5.28. The van der Waals surface area contributed by atoms with Crippen LogP contribution in [-0.4, -0.2) is 46.2 Å². The standard InChI is InChI=1S/C19H21N3O5S/c1-13(27-15-10-8-14(9-11-15)21(2)28(3,25)26)19(24)22-12-18(23)20-16-6-4-5-7-17(16)22/h4-11,13H,12H2,1-3H3,(H,20,23)/t13-/m1/s1. The van der Waals surface area contributed by atoms with Gasteiger partial charge < -0.3 is 10.1 Å². The minimum Gasteiger partial charge on any atom is -0.481 e. The lowest BCUT2D eigenvalue weighted by Crippen LogP contribution is -2.47. The summed E-state index contributed by atoms with van der Waals surface area (Å²) in [4.78, 5) is 26.1. The van der Waals surface area contributed by atoms with Crippen LogP contribution in [0.4, 0.5) is 17.1 Å². The lowest BCUT2D eigenvalue weighted by atomic mass is 10.1. The number of benzene rings is 2. The predicted molar refractivity (Wildman–Crippen MR) is 107 cm³/mol. The molecule has 1 atom stereocenters. The second kappa shape index (κ2) is 7.51. The smallest absolute Gasteiger partial charge is 0.268 e. The average molecular weight is 403 g/mol. The first kappa shape index (κ1) is 19.7. The predicted octanol–water partition coefficient (Wildman–Crippen LogP) is 1.83. The quantitative estimate of drug-likeness (QED) is 0.822. The van der Waals surface area contributed by atoms with Gasteiger partial charge in [-0.15, -0.1) is 0 Å². The molecule has 8 nitrogen and oxygen atoms in total. The number of ether oxygens (including phenoxy) is 1. The Labute approximate surface area is 163 Å². The number of hydrogen-bond acceptors (Lipinski definition) is 5. The van der Waals surface area contributed by atoms with Crippen LogP contribution in [0.5, 0.6) is 5.75 Å². The Morgan fingerprint density at radius 1 is 1.18 bits per heavy atom. The van der Waals surface area contributed by atoms with Gasteiger partial charge in [-0.25, -0.2) is 8.42 Å². The lowest BCUT2D eigenvalue weighted by molar-refractivity contribution is -0.126. The third kappa shape index (κ3) is 4.09. The first-order chi connectivity index (χ1) is 13.2. The second-order valence-electron chi connectivity index (χ2n) is 6.47. The van der Waals surface area contributed by atoms with Crippen molar-refractivity contribution in [3.8, 4) is 5.75 Å². The number of rotatable bonds is 5. The molecule has 0 bridgehead atoms. The molecule has 0 radical (unpaired) electrons. The molecule has 0 unspecified atom stereocenters. The molecule has 0 aliphatic carbocycles. The summed E-state index contributed by atoms with van der Waals surface area (Å²) in [5.41, 5.74) is 1.68. The maximum Gasteiger partial charge on any atom is 0.268 e. The van der Waals surface area contributed by atoms with Crippen molar-refractivity contribution in [2.24, 2.45) is 0 Å². The van der Waals surface area contributed by atoms with Gasteiger partial charge >= 0.3 is 0 Å². The molecule has 28 heavy (non-hydrogen) atoms. The number of carbonyl (C=O) groups is 2. The minimum absolute atomic E-state index is 0.0817. The summed E-state index contributed by atoms with van der Waals surface area (Å²) < 4.78 is 30.1. The van der Waals surface area contributed by atoms with Crippen molar-refractivity contribution >= 4 is 38.9 Å². The molecule has 0 spiro atoms. The average Bonchev–Trinajstić information content (AvgIpc) is 2.66. The first-order valence-corrected chi connectivity index (χ1v) is 10.4. The summed E-state index contributed by atoms with van der Waals surface area (Å²) in [6.45, 7) is 1.52. The van der Waals surface area contributed by atoms with Gasteiger partial charge in [0.15, 0.2) is 6.10 Å². The minimum atomic E-state index is -3.36. The highest BCUT2D eigenvalue weighted by Crippen LogP contribution is 2.30. The van der Waals surface area contributed by atoms with Crippen molar-refractivity contribution in [2.75, 3.05) is 34.4 Å². The molecule has 2 aromatic carbocycles. The highest BCUT2D eigenvalue weighted by molar-refractivity contribution is 7.92. The monoisotopic (exact) mass is 403 g/mol. The molecule has 3 rings (SSSR count). The molecule has 1 heterocycles. The van der Waals surface area contributed by atoms with Crippen molar-refractivity contribution in [3.63, 3.8) is 0 Å². The fourth-order valence-electron chi connectivity index (χ4n) is 2.83. The molecule has 148 valence electrons. The summed E-state index contributed by atoms with van der Waals surface area (Å²) in [7, 11) is -1.90. The maximum absolute atomic E-state index is 12.9. The molecule has 0 aromatic heterocycles. The van der Waals surface area contributed by atoms with Crippen LogP contribution in [0.3, 0.4) is 0 Å². The maximum atomic E-state index is 12.9. The summed E-state index contributed by atoms with van der Waals surface area (Å²) in [5, 5.41) is 2.73. The largest absolute Gasteiger partial charge is 0.481 e. The Hall–Kier alpha value is -3.07. The molecule has 0 fully saturated rings. The number of hydrogen-bond donors (Lipinski definition) is 1. The Balaban J connectivity index is 1.74. The van der Waals surface area contributed by atoms with Crippen LogP contribution in [-0.2, 0) is 19.6 Å². The second-order valence-corrected chi connectivity index (χ2v) is 8.49. The SMILES string of the molecule is C[C@@H](Oc1ccc(N(C)S(C)(=O)=O)cc1)C(=O)N1CC(=O)Nc2ccccc21. The van der Waals surface area contributed by atoms with Crippen LogP contribution < -0.4 is 19.3 Å². The van der Waals surface area contributed by atoms with E-state index < -0.39 is 16.1 Å². The first-order valence-electron chi connectivity index (χ1n) is 8.57. The van der Waals surface area contributed by atoms with Gasteiger partial charge in [0.2, 0.25) is 15.9 Å². The number of amides is 2. The molecule has 9 heteroatoms. The van der Waals surface area contributed by atoms with Crippen LogP contribution in [0, 0.1) is 0 Å². The van der Waals surface area contributed by atoms with Gasteiger partial charge in [0, 0.05) is 7.05 Å². The van der Waals surface area contributed by atoms with Gasteiger partial charge in [-0.05, 0) is 43.3 Å². The van der Waals surface area contributed by atoms with E-state index in [9.17, 15) is 18.0 Å². The Morgan fingerprint density at radius 2 is 1.82 bits per heavy atom. The summed E-state index contributed by atoms with van der Waals surface area (Å²) in [6.07, 6.45) is 0.280. The van der Waals surface area contributed by atoms with Crippen LogP contribution in [0.2, 0.25) is 0 Å². The number of carbonyl (C=O) groups excluding carboxylic acids is 2. The molecule has 2 aromatic rings. The molecule has 1 N–H and O–H groups in total. The number of nitrogens with zero attached hydrogens (tertiary/aromatic N) is 2. The van der Waals surface area contributed by atoms with Gasteiger partial charge in [0.05, 0.1) is 23.3 Å². The fraction of sp³-hybridized carbons (Fsp3) is 0.263. The van der Waals surface area contributed by atoms with Crippen LogP contribution in [0.15, 0.2) is 48.5 Å². The van der Waals surface area contributed by atoms with Crippen LogP contribution in [0.1, 0.15) is 6.92 Å². The lowest BCUT2D eigenvalue weighted by Gasteiger charge is -2.31. The normalized spacial score (nSPS) is 14.7. The summed E-state index contributed by atoms with van der Waals surface area (Å²) >= 11 is 0. The summed E-state index contributed by atoms with van der Waals surface area (Å²) in [6, 6.07) is 13.4. The summed E-state index contributed by atoms with van der Waals surface area (Å²) in [5.74, 6) is -0.201. The van der Waals surface area contributed by atoms with Crippen LogP contribution >= 0.6 is 0 Å². The topological polar surface area (TPSA) is 96.0 Å². The van der Waals surface area contributed by atoms with E-state index in [1.54, 1.807) is 55.5 Å². The number of para-hydroxylation sites is 2. The molecular weight excluding hydrogens is 382 g/mol. The number of nitrogens with one attached hydrogen (secondary N) is 1. The van der Waals surface area contributed by atoms with E-state index in [1.807, 2.05) is 0 Å². The Morgan fingerprint density at radius 3 is 2.46 bits per heavy atom. The molecule has 1 aliphatic rings. The van der Waals surface area contributed by atoms with E-state index in [0.29, 0.717) is 22.8 Å². The third-order valence-corrected chi connectivity index (χ3v) is 5.60. The zero-order chi connectivity index (χ0) is 20.5. The molecule has 0 saturated carbocycles. The van der Waals surface area contributed by atoms with Gasteiger partial charge in [-0.3, -0.25) is 18.8 Å². The van der Waals surface area contributed by atoms with Gasteiger partial charge in [0.1, 0.15) is 12.3 Å². The number of fused-ring (bicyclic) bond motifs is 1. The van der Waals surface area contributed by atoms with Gasteiger partial charge in [-0.2, -0.15) is 0 Å². The highest BCUT2D eigenvalue weighted by Gasteiger charge is 2.30.